The quantitative estimate of drug-likeness (QED) is 0.770. The van der Waals surface area contributed by atoms with Crippen LogP contribution in [-0.2, 0) is 6.54 Å². The van der Waals surface area contributed by atoms with Crippen molar-refractivity contribution in [3.63, 3.8) is 0 Å². The summed E-state index contributed by atoms with van der Waals surface area (Å²) in [6.07, 6.45) is 5.54. The first-order chi connectivity index (χ1) is 9.33. The standard InChI is InChI=1S/C15H19N3O/c1-2-9-17(11-12-19)13-14-4-6-15(7-5-14)18-10-3-8-16-18/h2-8,10,19H,1,9,11-13H2. The lowest BCUT2D eigenvalue weighted by Crippen LogP contribution is -2.26. The zero-order chi connectivity index (χ0) is 13.5. The molecule has 0 aliphatic carbocycles. The van der Waals surface area contributed by atoms with Crippen LogP contribution < -0.4 is 0 Å². The third-order valence-corrected chi connectivity index (χ3v) is 2.91. The Balaban J connectivity index is 2.03. The van der Waals surface area contributed by atoms with Crippen LogP contribution in [-0.4, -0.2) is 39.5 Å². The minimum atomic E-state index is 0.166. The molecule has 0 unspecified atom stereocenters. The second kappa shape index (κ2) is 6.87. The van der Waals surface area contributed by atoms with Gasteiger partial charge in [-0.1, -0.05) is 18.2 Å². The van der Waals surface area contributed by atoms with Gasteiger partial charge >= 0.3 is 0 Å². The highest BCUT2D eigenvalue weighted by Crippen LogP contribution is 2.10. The summed E-state index contributed by atoms with van der Waals surface area (Å²) in [6, 6.07) is 10.2. The highest BCUT2D eigenvalue weighted by molar-refractivity contribution is 5.33. The molecule has 0 saturated carbocycles. The molecule has 100 valence electrons. The van der Waals surface area contributed by atoms with E-state index in [1.165, 1.54) is 5.56 Å². The molecule has 1 heterocycles. The van der Waals surface area contributed by atoms with E-state index in [2.05, 4.69) is 28.7 Å². The fraction of sp³-hybridized carbons (Fsp3) is 0.267. The van der Waals surface area contributed by atoms with Crippen molar-refractivity contribution in [2.75, 3.05) is 19.7 Å². The van der Waals surface area contributed by atoms with E-state index in [1.54, 1.807) is 6.20 Å². The van der Waals surface area contributed by atoms with E-state index >= 15 is 0 Å². The second-order valence-corrected chi connectivity index (χ2v) is 4.36. The SMILES string of the molecule is C=CCN(CCO)Cc1ccc(-n2cccn2)cc1. The van der Waals surface area contributed by atoms with Gasteiger partial charge in [-0.15, -0.1) is 6.58 Å². The highest BCUT2D eigenvalue weighted by Gasteiger charge is 2.04. The Bertz CT molecular complexity index is 491. The Morgan fingerprint density at radius 3 is 2.68 bits per heavy atom. The van der Waals surface area contributed by atoms with Crippen LogP contribution in [0.15, 0.2) is 55.4 Å². The number of rotatable bonds is 7. The van der Waals surface area contributed by atoms with E-state index in [0.717, 1.165) is 18.8 Å². The molecule has 0 fully saturated rings. The number of aromatic nitrogens is 2. The Morgan fingerprint density at radius 2 is 2.11 bits per heavy atom. The van der Waals surface area contributed by atoms with Crippen LogP contribution in [0.2, 0.25) is 0 Å². The number of hydrogen-bond acceptors (Lipinski definition) is 3. The Kier molecular flexibility index (Phi) is 4.89. The molecule has 2 aromatic rings. The minimum absolute atomic E-state index is 0.166. The molecule has 0 radical (unpaired) electrons. The summed E-state index contributed by atoms with van der Waals surface area (Å²) in [4.78, 5) is 2.15. The van der Waals surface area contributed by atoms with Crippen LogP contribution in [0.4, 0.5) is 0 Å². The molecule has 0 atom stereocenters. The molecule has 19 heavy (non-hydrogen) atoms. The summed E-state index contributed by atoms with van der Waals surface area (Å²) in [5.41, 5.74) is 2.26. The molecule has 1 aromatic heterocycles. The smallest absolute Gasteiger partial charge is 0.0645 e. The van der Waals surface area contributed by atoms with E-state index in [1.807, 2.05) is 35.2 Å². The van der Waals surface area contributed by atoms with Crippen molar-refractivity contribution >= 4 is 0 Å². The molecule has 0 bridgehead atoms. The molecule has 4 nitrogen and oxygen atoms in total. The van der Waals surface area contributed by atoms with Gasteiger partial charge in [0.1, 0.15) is 0 Å². The van der Waals surface area contributed by atoms with Gasteiger partial charge in [-0.25, -0.2) is 4.68 Å². The fourth-order valence-electron chi connectivity index (χ4n) is 1.99. The molecule has 0 spiro atoms. The van der Waals surface area contributed by atoms with Gasteiger partial charge in [0, 0.05) is 32.0 Å². The third-order valence-electron chi connectivity index (χ3n) is 2.91. The summed E-state index contributed by atoms with van der Waals surface area (Å²) < 4.78 is 1.83. The van der Waals surface area contributed by atoms with Crippen molar-refractivity contribution < 1.29 is 5.11 Å². The third kappa shape index (κ3) is 3.77. The van der Waals surface area contributed by atoms with Gasteiger partial charge in [0.25, 0.3) is 0 Å². The molecule has 0 aliphatic rings. The van der Waals surface area contributed by atoms with Gasteiger partial charge in [-0.3, -0.25) is 4.90 Å². The van der Waals surface area contributed by atoms with Gasteiger partial charge in [-0.2, -0.15) is 5.10 Å². The minimum Gasteiger partial charge on any atom is -0.395 e. The molecule has 1 aromatic carbocycles. The zero-order valence-corrected chi connectivity index (χ0v) is 10.9. The summed E-state index contributed by atoms with van der Waals surface area (Å²) in [5.74, 6) is 0. The maximum absolute atomic E-state index is 9.02. The number of benzene rings is 1. The van der Waals surface area contributed by atoms with Gasteiger partial charge < -0.3 is 5.11 Å². The summed E-state index contributed by atoms with van der Waals surface area (Å²) >= 11 is 0. The molecular formula is C15H19N3O. The van der Waals surface area contributed by atoms with E-state index in [4.69, 9.17) is 5.11 Å². The van der Waals surface area contributed by atoms with Crippen molar-refractivity contribution in [1.29, 1.82) is 0 Å². The Morgan fingerprint density at radius 1 is 1.32 bits per heavy atom. The largest absolute Gasteiger partial charge is 0.395 e. The van der Waals surface area contributed by atoms with Gasteiger partial charge in [0.2, 0.25) is 0 Å². The highest BCUT2D eigenvalue weighted by atomic mass is 16.3. The molecule has 2 rings (SSSR count). The monoisotopic (exact) mass is 257 g/mol. The summed E-state index contributed by atoms with van der Waals surface area (Å²) in [7, 11) is 0. The van der Waals surface area contributed by atoms with E-state index in [0.29, 0.717) is 6.54 Å². The first-order valence-corrected chi connectivity index (χ1v) is 6.36. The molecule has 1 N–H and O–H groups in total. The molecule has 0 amide bonds. The van der Waals surface area contributed by atoms with Crippen molar-refractivity contribution in [2.45, 2.75) is 6.54 Å². The zero-order valence-electron chi connectivity index (χ0n) is 10.9. The fourth-order valence-corrected chi connectivity index (χ4v) is 1.99. The van der Waals surface area contributed by atoms with Crippen LogP contribution in [0.25, 0.3) is 5.69 Å². The normalized spacial score (nSPS) is 10.8. The van der Waals surface area contributed by atoms with Crippen LogP contribution in [0.1, 0.15) is 5.56 Å². The maximum Gasteiger partial charge on any atom is 0.0645 e. The Labute approximate surface area is 113 Å². The topological polar surface area (TPSA) is 41.3 Å². The van der Waals surface area contributed by atoms with Crippen LogP contribution >= 0.6 is 0 Å². The van der Waals surface area contributed by atoms with Crippen LogP contribution in [0, 0.1) is 0 Å². The predicted molar refractivity (Wildman–Crippen MR) is 76.1 cm³/mol. The van der Waals surface area contributed by atoms with Crippen molar-refractivity contribution in [3.8, 4) is 5.69 Å². The molecule has 0 saturated heterocycles. The molecular weight excluding hydrogens is 238 g/mol. The first kappa shape index (κ1) is 13.5. The number of hydrogen-bond donors (Lipinski definition) is 1. The van der Waals surface area contributed by atoms with Gasteiger partial charge in [-0.05, 0) is 23.8 Å². The lowest BCUT2D eigenvalue weighted by atomic mass is 10.2. The number of nitrogens with zero attached hydrogens (tertiary/aromatic N) is 3. The first-order valence-electron chi connectivity index (χ1n) is 6.36. The average molecular weight is 257 g/mol. The predicted octanol–water partition coefficient (Wildman–Crippen LogP) is 1.85. The lowest BCUT2D eigenvalue weighted by Gasteiger charge is -2.19. The summed E-state index contributed by atoms with van der Waals surface area (Å²) in [6.45, 7) is 6.15. The number of aliphatic hydroxyl groups is 1. The molecule has 4 heteroatoms. The van der Waals surface area contributed by atoms with Crippen molar-refractivity contribution in [1.82, 2.24) is 14.7 Å². The maximum atomic E-state index is 9.02. The lowest BCUT2D eigenvalue weighted by molar-refractivity contribution is 0.203. The second-order valence-electron chi connectivity index (χ2n) is 4.36. The van der Waals surface area contributed by atoms with Crippen molar-refractivity contribution in [2.24, 2.45) is 0 Å². The van der Waals surface area contributed by atoms with Gasteiger partial charge in [0.15, 0.2) is 0 Å². The van der Waals surface area contributed by atoms with Crippen LogP contribution in [0.3, 0.4) is 0 Å². The van der Waals surface area contributed by atoms with Gasteiger partial charge in [0.05, 0.1) is 12.3 Å². The molecule has 0 aliphatic heterocycles. The van der Waals surface area contributed by atoms with E-state index in [-0.39, 0.29) is 6.61 Å². The van der Waals surface area contributed by atoms with Crippen LogP contribution in [0.5, 0.6) is 0 Å². The Hall–Kier alpha value is -1.91. The van der Waals surface area contributed by atoms with Crippen molar-refractivity contribution in [3.05, 3.63) is 60.9 Å². The van der Waals surface area contributed by atoms with E-state index in [9.17, 15) is 0 Å². The number of aliphatic hydroxyl groups excluding tert-OH is 1. The average Bonchev–Trinajstić information content (AvgIpc) is 2.94. The van der Waals surface area contributed by atoms with E-state index < -0.39 is 0 Å². The summed E-state index contributed by atoms with van der Waals surface area (Å²) in [5, 5.41) is 13.2.